The highest BCUT2D eigenvalue weighted by Gasteiger charge is 2.49. The van der Waals surface area contributed by atoms with Crippen molar-refractivity contribution in [3.63, 3.8) is 0 Å². The van der Waals surface area contributed by atoms with Gasteiger partial charge in [0.2, 0.25) is 5.91 Å². The Labute approximate surface area is 150 Å². The maximum atomic E-state index is 12.7. The Morgan fingerprint density at radius 2 is 2.04 bits per heavy atom. The minimum Gasteiger partial charge on any atom is -0.480 e. The van der Waals surface area contributed by atoms with Gasteiger partial charge in [-0.15, -0.1) is 11.3 Å². The minimum atomic E-state index is -0.869. The largest absolute Gasteiger partial charge is 0.480 e. The molecule has 5 nitrogen and oxygen atoms in total. The van der Waals surface area contributed by atoms with Gasteiger partial charge >= 0.3 is 5.97 Å². The van der Waals surface area contributed by atoms with E-state index in [4.69, 9.17) is 0 Å². The number of nitrogens with zero attached hydrogens (tertiary/aromatic N) is 2. The smallest absolute Gasteiger partial charge is 0.326 e. The highest BCUT2D eigenvalue weighted by molar-refractivity contribution is 7.13. The average Bonchev–Trinajstić information content (AvgIpc) is 3.30. The fourth-order valence-electron chi connectivity index (χ4n) is 4.24. The lowest BCUT2D eigenvalue weighted by Crippen LogP contribution is -2.44. The number of fused-ring (bicyclic) bond motifs is 1. The Hall–Kier alpha value is -2.21. The first-order valence-corrected chi connectivity index (χ1v) is 9.53. The Kier molecular flexibility index (Phi) is 4.29. The third kappa shape index (κ3) is 3.06. The molecule has 1 aliphatic carbocycles. The van der Waals surface area contributed by atoms with Crippen LogP contribution >= 0.6 is 11.3 Å². The fourth-order valence-corrected chi connectivity index (χ4v) is 5.06. The van der Waals surface area contributed by atoms with Crippen LogP contribution in [-0.4, -0.2) is 39.5 Å². The molecule has 130 valence electrons. The molecule has 2 fully saturated rings. The summed E-state index contributed by atoms with van der Waals surface area (Å²) in [7, 11) is 0. The van der Waals surface area contributed by atoms with E-state index < -0.39 is 12.0 Å². The fraction of sp³-hybridized carbons (Fsp3) is 0.421. The van der Waals surface area contributed by atoms with Crippen molar-refractivity contribution >= 4 is 23.2 Å². The summed E-state index contributed by atoms with van der Waals surface area (Å²) in [5.41, 5.74) is 1.75. The summed E-state index contributed by atoms with van der Waals surface area (Å²) in [5.74, 6) is -0.519. The summed E-state index contributed by atoms with van der Waals surface area (Å²) in [6.07, 6.45) is 3.20. The second kappa shape index (κ2) is 6.59. The van der Waals surface area contributed by atoms with E-state index in [1.807, 2.05) is 35.7 Å². The maximum Gasteiger partial charge on any atom is 0.326 e. The molecule has 1 amide bonds. The van der Waals surface area contributed by atoms with Crippen molar-refractivity contribution in [1.82, 2.24) is 9.88 Å². The molecule has 1 aromatic heterocycles. The zero-order chi connectivity index (χ0) is 17.4. The van der Waals surface area contributed by atoms with Crippen LogP contribution in [0.1, 0.15) is 25.0 Å². The lowest BCUT2D eigenvalue weighted by Gasteiger charge is -2.24. The van der Waals surface area contributed by atoms with Gasteiger partial charge in [0.25, 0.3) is 0 Å². The molecular formula is C19H20N2O3S. The second-order valence-electron chi connectivity index (χ2n) is 6.87. The number of likely N-dealkylation sites (tertiary alicyclic amines) is 1. The van der Waals surface area contributed by atoms with E-state index in [1.165, 1.54) is 11.3 Å². The molecule has 1 aliphatic heterocycles. The average molecular weight is 356 g/mol. The molecule has 2 aromatic rings. The Bertz CT molecular complexity index is 789. The molecule has 0 bridgehead atoms. The minimum absolute atomic E-state index is 0.119. The van der Waals surface area contributed by atoms with E-state index in [-0.39, 0.29) is 18.2 Å². The van der Waals surface area contributed by atoms with Gasteiger partial charge in [0.15, 0.2) is 0 Å². The van der Waals surface area contributed by atoms with E-state index >= 15 is 0 Å². The molecule has 6 heteroatoms. The van der Waals surface area contributed by atoms with Crippen LogP contribution in [0.3, 0.4) is 0 Å². The van der Waals surface area contributed by atoms with E-state index in [2.05, 4.69) is 4.98 Å². The zero-order valence-electron chi connectivity index (χ0n) is 13.8. The van der Waals surface area contributed by atoms with Crippen LogP contribution in [0.2, 0.25) is 0 Å². The molecule has 1 aromatic carbocycles. The van der Waals surface area contributed by atoms with Crippen molar-refractivity contribution in [3.8, 4) is 10.6 Å². The predicted molar refractivity (Wildman–Crippen MR) is 95.2 cm³/mol. The number of carbonyl (C=O) groups excluding carboxylic acids is 1. The summed E-state index contributed by atoms with van der Waals surface area (Å²) >= 11 is 1.51. The highest BCUT2D eigenvalue weighted by atomic mass is 32.1. The van der Waals surface area contributed by atoms with Crippen molar-refractivity contribution in [3.05, 3.63) is 41.4 Å². The van der Waals surface area contributed by atoms with Gasteiger partial charge in [-0.1, -0.05) is 36.8 Å². The number of aromatic nitrogens is 1. The number of aliphatic carboxylic acids is 1. The number of hydrogen-bond acceptors (Lipinski definition) is 4. The number of hydrogen-bond donors (Lipinski definition) is 1. The topological polar surface area (TPSA) is 70.5 Å². The molecule has 4 rings (SSSR count). The van der Waals surface area contributed by atoms with Gasteiger partial charge in [-0.2, -0.15) is 0 Å². The second-order valence-corrected chi connectivity index (χ2v) is 7.73. The Morgan fingerprint density at radius 3 is 2.80 bits per heavy atom. The van der Waals surface area contributed by atoms with Gasteiger partial charge < -0.3 is 10.0 Å². The molecule has 1 saturated heterocycles. The third-order valence-electron chi connectivity index (χ3n) is 5.37. The van der Waals surface area contributed by atoms with E-state index in [9.17, 15) is 14.7 Å². The summed E-state index contributed by atoms with van der Waals surface area (Å²) in [6, 6.07) is 9.20. The lowest BCUT2D eigenvalue weighted by molar-refractivity contribution is -0.149. The van der Waals surface area contributed by atoms with E-state index in [0.29, 0.717) is 12.5 Å². The third-order valence-corrected chi connectivity index (χ3v) is 6.31. The van der Waals surface area contributed by atoms with Crippen molar-refractivity contribution < 1.29 is 14.7 Å². The number of amides is 1. The van der Waals surface area contributed by atoms with Crippen LogP contribution in [0.5, 0.6) is 0 Å². The first-order chi connectivity index (χ1) is 12.1. The summed E-state index contributed by atoms with van der Waals surface area (Å²) < 4.78 is 0. The van der Waals surface area contributed by atoms with Crippen molar-refractivity contribution in [2.45, 2.75) is 31.7 Å². The SMILES string of the molecule is O=C(O)C1C2CCCC2CN1C(=O)Cc1csc(-c2ccccc2)n1. The number of benzene rings is 1. The standard InChI is InChI=1S/C19H20N2O3S/c22-16(21-10-13-7-4-8-15(13)17(21)19(23)24)9-14-11-25-18(20-14)12-5-2-1-3-6-12/h1-3,5-6,11,13,15,17H,4,7-10H2,(H,23,24). The summed E-state index contributed by atoms with van der Waals surface area (Å²) in [6.45, 7) is 0.580. The van der Waals surface area contributed by atoms with Gasteiger partial charge in [-0.3, -0.25) is 4.79 Å². The van der Waals surface area contributed by atoms with Crippen LogP contribution in [0.4, 0.5) is 0 Å². The van der Waals surface area contributed by atoms with Crippen LogP contribution in [-0.2, 0) is 16.0 Å². The van der Waals surface area contributed by atoms with Gasteiger partial charge in [0.1, 0.15) is 11.0 Å². The Balaban J connectivity index is 1.49. The molecular weight excluding hydrogens is 336 g/mol. The van der Waals surface area contributed by atoms with Crippen LogP contribution in [0, 0.1) is 11.8 Å². The molecule has 1 N–H and O–H groups in total. The summed E-state index contributed by atoms with van der Waals surface area (Å²) in [4.78, 5) is 30.6. The molecule has 2 aliphatic rings. The van der Waals surface area contributed by atoms with Crippen LogP contribution < -0.4 is 0 Å². The van der Waals surface area contributed by atoms with E-state index in [0.717, 1.165) is 35.5 Å². The van der Waals surface area contributed by atoms with Gasteiger partial charge in [-0.05, 0) is 24.7 Å². The van der Waals surface area contributed by atoms with E-state index in [1.54, 1.807) is 4.90 Å². The first kappa shape index (κ1) is 16.3. The molecule has 3 unspecified atom stereocenters. The summed E-state index contributed by atoms with van der Waals surface area (Å²) in [5, 5.41) is 12.4. The molecule has 1 saturated carbocycles. The monoisotopic (exact) mass is 356 g/mol. The van der Waals surface area contributed by atoms with Gasteiger partial charge in [0.05, 0.1) is 12.1 Å². The molecule has 2 heterocycles. The molecule has 25 heavy (non-hydrogen) atoms. The zero-order valence-corrected chi connectivity index (χ0v) is 14.6. The molecule has 0 spiro atoms. The number of thiazole rings is 1. The molecule has 3 atom stereocenters. The number of carboxylic acid groups (broad SMARTS) is 1. The molecule has 0 radical (unpaired) electrons. The van der Waals surface area contributed by atoms with Crippen molar-refractivity contribution in [2.75, 3.05) is 6.54 Å². The highest BCUT2D eigenvalue weighted by Crippen LogP contribution is 2.42. The number of rotatable bonds is 4. The Morgan fingerprint density at radius 1 is 1.24 bits per heavy atom. The lowest BCUT2D eigenvalue weighted by atomic mass is 9.94. The van der Waals surface area contributed by atoms with Crippen molar-refractivity contribution in [2.24, 2.45) is 11.8 Å². The number of carboxylic acids is 1. The maximum absolute atomic E-state index is 12.7. The normalized spacial score (nSPS) is 25.1. The predicted octanol–water partition coefficient (Wildman–Crippen LogP) is 3.06. The van der Waals surface area contributed by atoms with Crippen LogP contribution in [0.25, 0.3) is 10.6 Å². The number of carbonyl (C=O) groups is 2. The first-order valence-electron chi connectivity index (χ1n) is 8.65. The quantitative estimate of drug-likeness (QED) is 0.914. The van der Waals surface area contributed by atoms with Gasteiger partial charge in [-0.25, -0.2) is 9.78 Å². The van der Waals surface area contributed by atoms with Gasteiger partial charge in [0, 0.05) is 17.5 Å². The van der Waals surface area contributed by atoms with Crippen LogP contribution in [0.15, 0.2) is 35.7 Å². The van der Waals surface area contributed by atoms with Crippen molar-refractivity contribution in [1.29, 1.82) is 0 Å².